The van der Waals surface area contributed by atoms with Crippen molar-refractivity contribution in [2.45, 2.75) is 13.5 Å². The Labute approximate surface area is 195 Å². The molecule has 7 heteroatoms. The zero-order valence-electron chi connectivity index (χ0n) is 17.7. The Hall–Kier alpha value is -4.21. The van der Waals surface area contributed by atoms with Crippen LogP contribution in [0.15, 0.2) is 83.9 Å². The standard InChI is InChI=1S/C26H18ClN5O/c1-17-2-5-20(6-3-17)24-23(19-7-9-21(27)10-8-19)12-13-31-25(24)30-32(26(31)33)16-18-4-11-22(14-28)29-15-18/h2-13,15H,16H2,1H3. The van der Waals surface area contributed by atoms with Gasteiger partial charge in [0, 0.05) is 23.0 Å². The van der Waals surface area contributed by atoms with E-state index >= 15 is 0 Å². The van der Waals surface area contributed by atoms with Crippen LogP contribution < -0.4 is 5.69 Å². The van der Waals surface area contributed by atoms with Crippen LogP contribution in [0.4, 0.5) is 0 Å². The molecule has 0 atom stereocenters. The first kappa shape index (κ1) is 20.7. The molecule has 5 rings (SSSR count). The summed E-state index contributed by atoms with van der Waals surface area (Å²) in [6, 6.07) is 23.1. The van der Waals surface area contributed by atoms with Gasteiger partial charge in [0.2, 0.25) is 0 Å². The molecule has 0 saturated heterocycles. The minimum atomic E-state index is -0.245. The molecule has 33 heavy (non-hydrogen) atoms. The van der Waals surface area contributed by atoms with Gasteiger partial charge in [-0.25, -0.2) is 18.9 Å². The van der Waals surface area contributed by atoms with Gasteiger partial charge in [0.05, 0.1) is 6.54 Å². The average molecular weight is 452 g/mol. The molecule has 0 aliphatic carbocycles. The molecular weight excluding hydrogens is 434 g/mol. The van der Waals surface area contributed by atoms with Gasteiger partial charge in [0.1, 0.15) is 11.8 Å². The van der Waals surface area contributed by atoms with Crippen LogP contribution in [-0.4, -0.2) is 19.2 Å². The molecule has 160 valence electrons. The van der Waals surface area contributed by atoms with E-state index < -0.39 is 0 Å². The fraction of sp³-hybridized carbons (Fsp3) is 0.0769. The SMILES string of the molecule is Cc1ccc(-c2c(-c3ccc(Cl)cc3)ccn3c(=O)n(Cc4ccc(C#N)nc4)nc23)cc1. The molecule has 0 bridgehead atoms. The van der Waals surface area contributed by atoms with E-state index in [1.54, 1.807) is 28.9 Å². The van der Waals surface area contributed by atoms with Crippen LogP contribution in [0.5, 0.6) is 0 Å². The zero-order valence-corrected chi connectivity index (χ0v) is 18.5. The van der Waals surface area contributed by atoms with E-state index in [0.29, 0.717) is 16.4 Å². The second-order valence-corrected chi connectivity index (χ2v) is 8.21. The first-order valence-electron chi connectivity index (χ1n) is 10.3. The maximum absolute atomic E-state index is 13.2. The van der Waals surface area contributed by atoms with Crippen LogP contribution in [0.3, 0.4) is 0 Å². The lowest BCUT2D eigenvalue weighted by Gasteiger charge is -2.12. The van der Waals surface area contributed by atoms with Crippen molar-refractivity contribution in [3.63, 3.8) is 0 Å². The van der Waals surface area contributed by atoms with Crippen molar-refractivity contribution in [1.29, 1.82) is 5.26 Å². The van der Waals surface area contributed by atoms with Crippen LogP contribution >= 0.6 is 11.6 Å². The molecule has 0 unspecified atom stereocenters. The molecule has 0 radical (unpaired) electrons. The number of nitrogens with zero attached hydrogens (tertiary/aromatic N) is 5. The van der Waals surface area contributed by atoms with E-state index in [9.17, 15) is 4.79 Å². The van der Waals surface area contributed by atoms with Gasteiger partial charge >= 0.3 is 5.69 Å². The third-order valence-electron chi connectivity index (χ3n) is 5.52. The fourth-order valence-corrected chi connectivity index (χ4v) is 3.94. The Morgan fingerprint density at radius 2 is 1.70 bits per heavy atom. The minimum absolute atomic E-state index is 0.245. The van der Waals surface area contributed by atoms with E-state index in [0.717, 1.165) is 33.4 Å². The van der Waals surface area contributed by atoms with Gasteiger partial charge in [-0.15, -0.1) is 5.10 Å². The third kappa shape index (κ3) is 3.91. The Morgan fingerprint density at radius 3 is 2.36 bits per heavy atom. The summed E-state index contributed by atoms with van der Waals surface area (Å²) in [6.07, 6.45) is 3.34. The summed E-state index contributed by atoms with van der Waals surface area (Å²) >= 11 is 6.10. The topological polar surface area (TPSA) is 76.0 Å². The van der Waals surface area contributed by atoms with Crippen LogP contribution in [0.1, 0.15) is 16.8 Å². The first-order valence-corrected chi connectivity index (χ1v) is 10.7. The fourth-order valence-electron chi connectivity index (χ4n) is 3.81. The van der Waals surface area contributed by atoms with E-state index in [4.69, 9.17) is 22.0 Å². The van der Waals surface area contributed by atoms with Crippen LogP contribution in [0, 0.1) is 18.3 Å². The second-order valence-electron chi connectivity index (χ2n) is 7.77. The molecule has 3 heterocycles. The lowest BCUT2D eigenvalue weighted by atomic mass is 9.95. The number of pyridine rings is 2. The lowest BCUT2D eigenvalue weighted by Crippen LogP contribution is -2.21. The van der Waals surface area contributed by atoms with Crippen LogP contribution in [-0.2, 0) is 6.54 Å². The zero-order chi connectivity index (χ0) is 22.9. The first-order chi connectivity index (χ1) is 16.0. The number of nitriles is 1. The maximum Gasteiger partial charge on any atom is 0.350 e. The van der Waals surface area contributed by atoms with Crippen LogP contribution in [0.2, 0.25) is 5.02 Å². The predicted molar refractivity (Wildman–Crippen MR) is 128 cm³/mol. The van der Waals surface area contributed by atoms with Gasteiger partial charge in [0.15, 0.2) is 5.65 Å². The van der Waals surface area contributed by atoms with Crippen molar-refractivity contribution in [2.24, 2.45) is 0 Å². The molecule has 0 spiro atoms. The van der Waals surface area contributed by atoms with E-state index in [1.165, 1.54) is 4.68 Å². The van der Waals surface area contributed by atoms with Crippen molar-refractivity contribution in [1.82, 2.24) is 19.2 Å². The molecule has 0 N–H and O–H groups in total. The molecule has 2 aromatic carbocycles. The highest BCUT2D eigenvalue weighted by atomic mass is 35.5. The number of benzene rings is 2. The highest BCUT2D eigenvalue weighted by molar-refractivity contribution is 6.30. The molecule has 6 nitrogen and oxygen atoms in total. The van der Waals surface area contributed by atoms with Gasteiger partial charge in [-0.3, -0.25) is 0 Å². The van der Waals surface area contributed by atoms with Gasteiger partial charge in [-0.05, 0) is 53.4 Å². The Morgan fingerprint density at radius 1 is 0.970 bits per heavy atom. The highest BCUT2D eigenvalue weighted by Crippen LogP contribution is 2.35. The van der Waals surface area contributed by atoms with Crippen LogP contribution in [0.25, 0.3) is 27.9 Å². The van der Waals surface area contributed by atoms with Crippen molar-refractivity contribution >= 4 is 17.2 Å². The largest absolute Gasteiger partial charge is 0.350 e. The van der Waals surface area contributed by atoms with E-state index in [-0.39, 0.29) is 12.2 Å². The van der Waals surface area contributed by atoms with Crippen molar-refractivity contribution in [3.05, 3.63) is 111 Å². The summed E-state index contributed by atoms with van der Waals surface area (Å²) in [7, 11) is 0. The number of hydrogen-bond acceptors (Lipinski definition) is 4. The molecule has 0 amide bonds. The summed E-state index contributed by atoms with van der Waals surface area (Å²) in [4.78, 5) is 17.2. The molecule has 0 fully saturated rings. The Bertz CT molecular complexity index is 1560. The summed E-state index contributed by atoms with van der Waals surface area (Å²) in [5, 5.41) is 14.3. The maximum atomic E-state index is 13.2. The van der Waals surface area contributed by atoms with E-state index in [1.807, 2.05) is 67.6 Å². The quantitative estimate of drug-likeness (QED) is 0.380. The van der Waals surface area contributed by atoms with E-state index in [2.05, 4.69) is 4.98 Å². The highest BCUT2D eigenvalue weighted by Gasteiger charge is 2.17. The molecule has 0 saturated carbocycles. The summed E-state index contributed by atoms with van der Waals surface area (Å²) in [5.74, 6) is 0. The van der Waals surface area contributed by atoms with Crippen molar-refractivity contribution in [3.8, 4) is 28.3 Å². The predicted octanol–water partition coefficient (Wildman–Crippen LogP) is 5.11. The summed E-state index contributed by atoms with van der Waals surface area (Å²) in [6.45, 7) is 2.29. The number of rotatable bonds is 4. The lowest BCUT2D eigenvalue weighted by molar-refractivity contribution is 0.657. The Kier molecular flexibility index (Phi) is 5.25. The normalized spacial score (nSPS) is 10.9. The molecule has 0 aliphatic heterocycles. The number of hydrogen-bond donors (Lipinski definition) is 0. The van der Waals surface area contributed by atoms with Crippen molar-refractivity contribution < 1.29 is 0 Å². The summed E-state index contributed by atoms with van der Waals surface area (Å²) in [5.41, 5.74) is 6.36. The number of halogens is 1. The Balaban J connectivity index is 1.71. The van der Waals surface area contributed by atoms with Gasteiger partial charge in [-0.2, -0.15) is 5.26 Å². The average Bonchev–Trinajstić information content (AvgIpc) is 3.15. The second kappa shape index (κ2) is 8.38. The summed E-state index contributed by atoms with van der Waals surface area (Å²) < 4.78 is 2.98. The smallest absolute Gasteiger partial charge is 0.250 e. The number of aryl methyl sites for hydroxylation is 1. The van der Waals surface area contributed by atoms with Gasteiger partial charge in [0.25, 0.3) is 0 Å². The minimum Gasteiger partial charge on any atom is -0.250 e. The monoisotopic (exact) mass is 451 g/mol. The van der Waals surface area contributed by atoms with Crippen molar-refractivity contribution in [2.75, 3.05) is 0 Å². The van der Waals surface area contributed by atoms with Gasteiger partial charge < -0.3 is 0 Å². The molecule has 5 aromatic rings. The molecule has 0 aliphatic rings. The third-order valence-corrected chi connectivity index (χ3v) is 5.77. The molecular formula is C26H18ClN5O. The molecule has 3 aromatic heterocycles. The number of aromatic nitrogens is 4. The van der Waals surface area contributed by atoms with Gasteiger partial charge in [-0.1, -0.05) is 59.6 Å². The number of fused-ring (bicyclic) bond motifs is 1.